The summed E-state index contributed by atoms with van der Waals surface area (Å²) in [6, 6.07) is 12.8. The van der Waals surface area contributed by atoms with E-state index in [4.69, 9.17) is 25.5 Å². The molecule has 0 saturated heterocycles. The summed E-state index contributed by atoms with van der Waals surface area (Å²) in [5.41, 5.74) is 0.972. The van der Waals surface area contributed by atoms with Crippen LogP contribution in [-0.4, -0.2) is 18.1 Å². The number of alkyl carbamates (subject to hydrolysis) is 1. The van der Waals surface area contributed by atoms with Crippen LogP contribution < -0.4 is 15.7 Å². The first-order valence-corrected chi connectivity index (χ1v) is 9.15. The zero-order valence-electron chi connectivity index (χ0n) is 15.7. The molecule has 0 aliphatic carbocycles. The standard InChI is InChI=1S/C21H18ClNO6/c1-12-16-9-8-15(10-17(16)29-20(25)18(12)22)28-19(24)13(2)23-21(26)27-11-14-6-4-3-5-7-14/h3-10,13H,11H2,1-2H3,(H,23,26). The van der Waals surface area contributed by atoms with Crippen molar-refractivity contribution in [2.75, 3.05) is 0 Å². The van der Waals surface area contributed by atoms with Gasteiger partial charge in [0.05, 0.1) is 0 Å². The second-order valence-corrected chi connectivity index (χ2v) is 6.71. The van der Waals surface area contributed by atoms with E-state index < -0.39 is 23.7 Å². The Bertz CT molecular complexity index is 1110. The van der Waals surface area contributed by atoms with Crippen LogP contribution in [0.5, 0.6) is 5.75 Å². The molecule has 29 heavy (non-hydrogen) atoms. The number of aryl methyl sites for hydroxylation is 1. The average Bonchev–Trinajstić information content (AvgIpc) is 2.71. The smallest absolute Gasteiger partial charge is 0.408 e. The second kappa shape index (κ2) is 8.79. The number of hydrogen-bond acceptors (Lipinski definition) is 6. The van der Waals surface area contributed by atoms with Gasteiger partial charge in [-0.05, 0) is 37.1 Å². The Morgan fingerprint density at radius 1 is 1.17 bits per heavy atom. The summed E-state index contributed by atoms with van der Waals surface area (Å²) in [6.45, 7) is 3.25. The van der Waals surface area contributed by atoms with Crippen LogP contribution >= 0.6 is 11.6 Å². The Balaban J connectivity index is 1.61. The Morgan fingerprint density at radius 2 is 1.90 bits per heavy atom. The van der Waals surface area contributed by atoms with Crippen LogP contribution in [0.4, 0.5) is 4.79 Å². The number of fused-ring (bicyclic) bond motifs is 1. The van der Waals surface area contributed by atoms with Gasteiger partial charge in [-0.25, -0.2) is 14.4 Å². The molecule has 2 aromatic carbocycles. The summed E-state index contributed by atoms with van der Waals surface area (Å²) in [7, 11) is 0. The predicted octanol–water partition coefficient (Wildman–Crippen LogP) is 3.98. The molecule has 1 aromatic heterocycles. The van der Waals surface area contributed by atoms with E-state index in [0.717, 1.165) is 5.56 Å². The third-order valence-electron chi connectivity index (χ3n) is 4.19. The lowest BCUT2D eigenvalue weighted by Crippen LogP contribution is -2.41. The number of benzene rings is 2. The quantitative estimate of drug-likeness (QED) is 0.385. The summed E-state index contributed by atoms with van der Waals surface area (Å²) >= 11 is 5.89. The third-order valence-corrected chi connectivity index (χ3v) is 4.63. The fraction of sp³-hybridized carbons (Fsp3) is 0.190. The Morgan fingerprint density at radius 3 is 2.62 bits per heavy atom. The molecular formula is C21H18ClNO6. The van der Waals surface area contributed by atoms with Crippen LogP contribution in [0.15, 0.2) is 57.7 Å². The normalized spacial score (nSPS) is 11.7. The van der Waals surface area contributed by atoms with Crippen molar-refractivity contribution >= 4 is 34.6 Å². The molecule has 1 heterocycles. The van der Waals surface area contributed by atoms with Gasteiger partial charge in [-0.1, -0.05) is 41.9 Å². The lowest BCUT2D eigenvalue weighted by atomic mass is 10.1. The van der Waals surface area contributed by atoms with Crippen molar-refractivity contribution in [1.82, 2.24) is 5.32 Å². The van der Waals surface area contributed by atoms with Gasteiger partial charge in [0.15, 0.2) is 0 Å². The maximum Gasteiger partial charge on any atom is 0.408 e. The van der Waals surface area contributed by atoms with E-state index in [2.05, 4.69) is 5.32 Å². The highest BCUT2D eigenvalue weighted by atomic mass is 35.5. The molecule has 0 bridgehead atoms. The molecule has 0 radical (unpaired) electrons. The number of carbonyl (C=O) groups is 2. The SMILES string of the molecule is Cc1c(Cl)c(=O)oc2cc(OC(=O)C(C)NC(=O)OCc3ccccc3)ccc12. The first-order chi connectivity index (χ1) is 13.8. The molecule has 1 amide bonds. The first-order valence-electron chi connectivity index (χ1n) is 8.77. The molecule has 1 N–H and O–H groups in total. The van der Waals surface area contributed by atoms with Gasteiger partial charge in [0.1, 0.15) is 29.0 Å². The zero-order valence-corrected chi connectivity index (χ0v) is 16.5. The van der Waals surface area contributed by atoms with Crippen molar-refractivity contribution in [3.63, 3.8) is 0 Å². The van der Waals surface area contributed by atoms with Crippen molar-refractivity contribution in [3.8, 4) is 5.75 Å². The predicted molar refractivity (Wildman–Crippen MR) is 107 cm³/mol. The van der Waals surface area contributed by atoms with E-state index in [1.54, 1.807) is 19.1 Å². The molecule has 3 aromatic rings. The highest BCUT2D eigenvalue weighted by molar-refractivity contribution is 6.31. The van der Waals surface area contributed by atoms with Gasteiger partial charge in [-0.3, -0.25) is 0 Å². The summed E-state index contributed by atoms with van der Waals surface area (Å²) < 4.78 is 15.5. The number of nitrogens with one attached hydrogen (secondary N) is 1. The highest BCUT2D eigenvalue weighted by Gasteiger charge is 2.19. The van der Waals surface area contributed by atoms with Gasteiger partial charge in [-0.2, -0.15) is 0 Å². The van der Waals surface area contributed by atoms with Gasteiger partial charge >= 0.3 is 17.7 Å². The topological polar surface area (TPSA) is 94.8 Å². The van der Waals surface area contributed by atoms with Crippen molar-refractivity contribution < 1.29 is 23.5 Å². The van der Waals surface area contributed by atoms with E-state index in [1.807, 2.05) is 30.3 Å². The maximum atomic E-state index is 12.2. The Kier molecular flexibility index (Phi) is 6.19. The molecule has 1 atom stereocenters. The van der Waals surface area contributed by atoms with Crippen LogP contribution in [0.25, 0.3) is 11.0 Å². The fourth-order valence-electron chi connectivity index (χ4n) is 2.58. The number of amides is 1. The van der Waals surface area contributed by atoms with Gasteiger partial charge in [0.2, 0.25) is 0 Å². The van der Waals surface area contributed by atoms with Gasteiger partial charge < -0.3 is 19.2 Å². The van der Waals surface area contributed by atoms with Crippen LogP contribution in [0.1, 0.15) is 18.1 Å². The number of hydrogen-bond donors (Lipinski definition) is 1. The number of esters is 1. The van der Waals surface area contributed by atoms with Gasteiger partial charge in [0, 0.05) is 11.5 Å². The number of rotatable bonds is 5. The minimum absolute atomic E-state index is 0.00841. The molecule has 1 unspecified atom stereocenters. The van der Waals surface area contributed by atoms with Crippen LogP contribution in [0, 0.1) is 6.92 Å². The van der Waals surface area contributed by atoms with E-state index in [0.29, 0.717) is 10.9 Å². The summed E-state index contributed by atoms with van der Waals surface area (Å²) in [5, 5.41) is 3.04. The van der Waals surface area contributed by atoms with Crippen LogP contribution in [0.3, 0.4) is 0 Å². The van der Waals surface area contributed by atoms with Crippen molar-refractivity contribution in [3.05, 3.63) is 75.1 Å². The van der Waals surface area contributed by atoms with E-state index in [9.17, 15) is 14.4 Å². The minimum atomic E-state index is -0.951. The fourth-order valence-corrected chi connectivity index (χ4v) is 2.72. The summed E-state index contributed by atoms with van der Waals surface area (Å²) in [6.07, 6.45) is -0.743. The van der Waals surface area contributed by atoms with Crippen LogP contribution in [-0.2, 0) is 16.1 Å². The summed E-state index contributed by atoms with van der Waals surface area (Å²) in [5.74, 6) is -0.535. The number of ether oxygens (including phenoxy) is 2. The molecule has 0 spiro atoms. The van der Waals surface area contributed by atoms with Crippen molar-refractivity contribution in [2.45, 2.75) is 26.5 Å². The van der Waals surface area contributed by atoms with E-state index >= 15 is 0 Å². The molecular weight excluding hydrogens is 398 g/mol. The molecule has 0 aliphatic rings. The lowest BCUT2D eigenvalue weighted by Gasteiger charge is -2.14. The first kappa shape index (κ1) is 20.4. The van der Waals surface area contributed by atoms with Crippen LogP contribution in [0.2, 0.25) is 5.02 Å². The monoisotopic (exact) mass is 415 g/mol. The van der Waals surface area contributed by atoms with Gasteiger partial charge in [0.25, 0.3) is 0 Å². The average molecular weight is 416 g/mol. The highest BCUT2D eigenvalue weighted by Crippen LogP contribution is 2.26. The largest absolute Gasteiger partial charge is 0.445 e. The maximum absolute atomic E-state index is 12.2. The molecule has 8 heteroatoms. The third kappa shape index (κ3) is 4.94. The zero-order chi connectivity index (χ0) is 21.0. The molecule has 150 valence electrons. The van der Waals surface area contributed by atoms with Crippen molar-refractivity contribution in [1.29, 1.82) is 0 Å². The number of carbonyl (C=O) groups excluding carboxylic acids is 2. The molecule has 0 saturated carbocycles. The molecule has 0 fully saturated rings. The summed E-state index contributed by atoms with van der Waals surface area (Å²) in [4.78, 5) is 35.8. The van der Waals surface area contributed by atoms with E-state index in [-0.39, 0.29) is 23.0 Å². The van der Waals surface area contributed by atoms with E-state index in [1.165, 1.54) is 13.0 Å². The number of halogens is 1. The lowest BCUT2D eigenvalue weighted by molar-refractivity contribution is -0.136. The Hall–Kier alpha value is -3.32. The Labute approximate surface area is 171 Å². The van der Waals surface area contributed by atoms with Crippen molar-refractivity contribution in [2.24, 2.45) is 0 Å². The molecule has 7 nitrogen and oxygen atoms in total. The second-order valence-electron chi connectivity index (χ2n) is 6.34. The minimum Gasteiger partial charge on any atom is -0.445 e. The van der Waals surface area contributed by atoms with Gasteiger partial charge in [-0.15, -0.1) is 0 Å². The molecule has 3 rings (SSSR count). The molecule has 0 aliphatic heterocycles.